The number of rotatable bonds is 1. The van der Waals surface area contributed by atoms with Crippen molar-refractivity contribution in [1.29, 1.82) is 0 Å². The smallest absolute Gasteiger partial charge is 0.175 e. The summed E-state index contributed by atoms with van der Waals surface area (Å²) in [4.78, 5) is 2.71. The summed E-state index contributed by atoms with van der Waals surface area (Å²) < 4.78 is 22.9. The maximum absolute atomic E-state index is 11.5. The molecule has 3 nitrogen and oxygen atoms in total. The molecule has 0 fully saturated rings. The molecule has 0 saturated carbocycles. The minimum atomic E-state index is -3.08. The monoisotopic (exact) mass is 239 g/mol. The van der Waals surface area contributed by atoms with Crippen LogP contribution in [0, 0.1) is 0 Å². The normalized spacial score (nSPS) is 17.9. The molecule has 1 aromatic carbocycles. The van der Waals surface area contributed by atoms with Crippen molar-refractivity contribution >= 4 is 9.84 Å². The van der Waals surface area contributed by atoms with Crippen molar-refractivity contribution in [3.8, 4) is 0 Å². The molecule has 0 N–H and O–H groups in total. The first-order valence-corrected chi connectivity index (χ1v) is 7.36. The van der Waals surface area contributed by atoms with Crippen molar-refractivity contribution in [2.45, 2.75) is 24.3 Å². The second kappa shape index (κ2) is 4.18. The lowest BCUT2D eigenvalue weighted by molar-refractivity contribution is 0.332. The van der Waals surface area contributed by atoms with Crippen LogP contribution in [0.15, 0.2) is 23.1 Å². The maximum atomic E-state index is 11.5. The molecule has 0 saturated heterocycles. The molecule has 0 amide bonds. The molecule has 0 radical (unpaired) electrons. The number of aryl methyl sites for hydroxylation is 1. The van der Waals surface area contributed by atoms with Crippen molar-refractivity contribution in [3.05, 3.63) is 29.3 Å². The maximum Gasteiger partial charge on any atom is 0.175 e. The van der Waals surface area contributed by atoms with E-state index in [0.29, 0.717) is 4.90 Å². The Morgan fingerprint density at radius 2 is 2.00 bits per heavy atom. The van der Waals surface area contributed by atoms with Gasteiger partial charge in [0, 0.05) is 12.8 Å². The van der Waals surface area contributed by atoms with Gasteiger partial charge in [-0.1, -0.05) is 6.07 Å². The summed E-state index contributed by atoms with van der Waals surface area (Å²) >= 11 is 0. The van der Waals surface area contributed by atoms with Crippen LogP contribution in [-0.2, 0) is 22.8 Å². The van der Waals surface area contributed by atoms with Gasteiger partial charge in [-0.2, -0.15) is 0 Å². The predicted octanol–water partition coefficient (Wildman–Crippen LogP) is 1.47. The third-order valence-corrected chi connectivity index (χ3v) is 4.14. The van der Waals surface area contributed by atoms with Gasteiger partial charge in [-0.3, -0.25) is 0 Å². The van der Waals surface area contributed by atoms with Crippen LogP contribution in [0.4, 0.5) is 0 Å². The highest BCUT2D eigenvalue weighted by Crippen LogP contribution is 2.21. The summed E-state index contributed by atoms with van der Waals surface area (Å²) in [7, 11) is -0.979. The van der Waals surface area contributed by atoms with Gasteiger partial charge in [-0.05, 0) is 49.7 Å². The Balaban J connectivity index is 2.43. The number of hydrogen-bond acceptors (Lipinski definition) is 3. The Hall–Kier alpha value is -0.870. The Kier molecular flexibility index (Phi) is 3.04. The van der Waals surface area contributed by atoms with Gasteiger partial charge in [0.15, 0.2) is 9.84 Å². The highest BCUT2D eigenvalue weighted by Gasteiger charge is 2.14. The van der Waals surface area contributed by atoms with Gasteiger partial charge in [0.05, 0.1) is 4.90 Å². The minimum absolute atomic E-state index is 0.441. The molecule has 0 unspecified atom stereocenters. The van der Waals surface area contributed by atoms with Crippen LogP contribution in [0.25, 0.3) is 0 Å². The van der Waals surface area contributed by atoms with Crippen LogP contribution in [0.1, 0.15) is 17.5 Å². The lowest BCUT2D eigenvalue weighted by Crippen LogP contribution is -2.17. The van der Waals surface area contributed by atoms with Crippen molar-refractivity contribution in [1.82, 2.24) is 4.90 Å². The third kappa shape index (κ3) is 2.44. The van der Waals surface area contributed by atoms with E-state index in [4.69, 9.17) is 0 Å². The molecule has 0 aromatic heterocycles. The standard InChI is InChI=1S/C12H17NO2S/c1-13-7-3-4-10-8-12(16(2,14)15)6-5-11(10)9-13/h5-6,8H,3-4,7,9H2,1-2H3. The van der Waals surface area contributed by atoms with Crippen LogP contribution in [0.2, 0.25) is 0 Å². The molecule has 2 rings (SSSR count). The van der Waals surface area contributed by atoms with Crippen molar-refractivity contribution < 1.29 is 8.42 Å². The molecule has 0 aliphatic carbocycles. The van der Waals surface area contributed by atoms with E-state index in [9.17, 15) is 8.42 Å². The average Bonchev–Trinajstić information content (AvgIpc) is 2.35. The van der Waals surface area contributed by atoms with Gasteiger partial charge in [-0.15, -0.1) is 0 Å². The van der Waals surface area contributed by atoms with Crippen LogP contribution < -0.4 is 0 Å². The Labute approximate surface area is 97.0 Å². The summed E-state index contributed by atoms with van der Waals surface area (Å²) in [6.07, 6.45) is 3.33. The van der Waals surface area contributed by atoms with E-state index < -0.39 is 9.84 Å². The fraction of sp³-hybridized carbons (Fsp3) is 0.500. The molecule has 4 heteroatoms. The molecule has 1 aromatic rings. The third-order valence-electron chi connectivity index (χ3n) is 3.03. The molecular formula is C12H17NO2S. The summed E-state index contributed by atoms with van der Waals surface area (Å²) in [5.74, 6) is 0. The van der Waals surface area contributed by atoms with E-state index in [-0.39, 0.29) is 0 Å². The zero-order valence-corrected chi connectivity index (χ0v) is 10.5. The summed E-state index contributed by atoms with van der Waals surface area (Å²) in [5, 5.41) is 0. The molecule has 0 spiro atoms. The first kappa shape index (κ1) is 11.6. The summed E-state index contributed by atoms with van der Waals surface area (Å²) in [6.45, 7) is 1.99. The number of sulfone groups is 1. The first-order valence-electron chi connectivity index (χ1n) is 5.47. The van der Waals surface area contributed by atoms with E-state index >= 15 is 0 Å². The highest BCUT2D eigenvalue weighted by atomic mass is 32.2. The van der Waals surface area contributed by atoms with Crippen LogP contribution >= 0.6 is 0 Å². The van der Waals surface area contributed by atoms with Gasteiger partial charge in [-0.25, -0.2) is 8.42 Å². The predicted molar refractivity (Wildman–Crippen MR) is 64.2 cm³/mol. The SMILES string of the molecule is CN1CCCc2cc(S(C)(=O)=O)ccc2C1. The zero-order valence-electron chi connectivity index (χ0n) is 9.73. The quantitative estimate of drug-likeness (QED) is 0.744. The molecular weight excluding hydrogens is 222 g/mol. The van der Waals surface area contributed by atoms with Crippen LogP contribution in [0.3, 0.4) is 0 Å². The Bertz CT molecular complexity index is 494. The molecule has 0 bridgehead atoms. The van der Waals surface area contributed by atoms with Gasteiger partial charge in [0.1, 0.15) is 0 Å². The molecule has 1 aliphatic rings. The van der Waals surface area contributed by atoms with Crippen molar-refractivity contribution in [2.24, 2.45) is 0 Å². The van der Waals surface area contributed by atoms with Crippen LogP contribution in [-0.4, -0.2) is 33.2 Å². The fourth-order valence-electron chi connectivity index (χ4n) is 2.13. The summed E-state index contributed by atoms with van der Waals surface area (Å²) in [6, 6.07) is 5.50. The Morgan fingerprint density at radius 1 is 1.25 bits per heavy atom. The Morgan fingerprint density at radius 3 is 2.69 bits per heavy atom. The second-order valence-electron chi connectivity index (χ2n) is 4.54. The van der Waals surface area contributed by atoms with E-state index in [0.717, 1.165) is 25.9 Å². The van der Waals surface area contributed by atoms with Crippen molar-refractivity contribution in [2.75, 3.05) is 19.8 Å². The van der Waals surface area contributed by atoms with E-state index in [1.807, 2.05) is 12.1 Å². The lowest BCUT2D eigenvalue weighted by Gasteiger charge is -2.13. The van der Waals surface area contributed by atoms with E-state index in [1.165, 1.54) is 17.4 Å². The molecule has 16 heavy (non-hydrogen) atoms. The fourth-order valence-corrected chi connectivity index (χ4v) is 2.80. The number of hydrogen-bond donors (Lipinski definition) is 0. The van der Waals surface area contributed by atoms with E-state index in [1.54, 1.807) is 6.07 Å². The average molecular weight is 239 g/mol. The number of benzene rings is 1. The second-order valence-corrected chi connectivity index (χ2v) is 6.56. The zero-order chi connectivity index (χ0) is 11.8. The van der Waals surface area contributed by atoms with Gasteiger partial charge in [0.2, 0.25) is 0 Å². The van der Waals surface area contributed by atoms with Crippen LogP contribution in [0.5, 0.6) is 0 Å². The number of fused-ring (bicyclic) bond motifs is 1. The largest absolute Gasteiger partial charge is 0.302 e. The lowest BCUT2D eigenvalue weighted by atomic mass is 10.0. The van der Waals surface area contributed by atoms with Gasteiger partial charge >= 0.3 is 0 Å². The van der Waals surface area contributed by atoms with Crippen molar-refractivity contribution in [3.63, 3.8) is 0 Å². The molecule has 88 valence electrons. The molecule has 1 heterocycles. The minimum Gasteiger partial charge on any atom is -0.302 e. The van der Waals surface area contributed by atoms with Gasteiger partial charge in [0.25, 0.3) is 0 Å². The molecule has 0 atom stereocenters. The molecule has 1 aliphatic heterocycles. The van der Waals surface area contributed by atoms with E-state index in [2.05, 4.69) is 11.9 Å². The topological polar surface area (TPSA) is 37.4 Å². The first-order chi connectivity index (χ1) is 7.47. The highest BCUT2D eigenvalue weighted by molar-refractivity contribution is 7.90. The number of nitrogens with zero attached hydrogens (tertiary/aromatic N) is 1. The summed E-state index contributed by atoms with van der Waals surface area (Å²) in [5.41, 5.74) is 2.44. The van der Waals surface area contributed by atoms with Gasteiger partial charge < -0.3 is 4.90 Å².